The molecule has 1 aromatic heterocycles. The molecule has 0 spiro atoms. The van der Waals surface area contributed by atoms with E-state index in [1.807, 2.05) is 0 Å². The zero-order valence-electron chi connectivity index (χ0n) is 5.97. The van der Waals surface area contributed by atoms with Gasteiger partial charge in [0.2, 0.25) is 0 Å². The topological polar surface area (TPSA) is 38.1 Å². The average molecular weight is 162 g/mol. The van der Waals surface area contributed by atoms with Gasteiger partial charge in [0.1, 0.15) is 6.26 Å². The lowest BCUT2D eigenvalue weighted by Gasteiger charge is -1.89. The van der Waals surface area contributed by atoms with Gasteiger partial charge in [0.05, 0.1) is 5.69 Å². The van der Waals surface area contributed by atoms with Crippen molar-refractivity contribution in [3.05, 3.63) is 17.8 Å². The quantitative estimate of drug-likeness (QED) is 0.728. The van der Waals surface area contributed by atoms with Gasteiger partial charge in [0, 0.05) is 6.54 Å². The molecule has 0 saturated heterocycles. The fourth-order valence-electron chi connectivity index (χ4n) is 0.685. The van der Waals surface area contributed by atoms with Gasteiger partial charge < -0.3 is 9.73 Å². The molecule has 1 N–H and O–H groups in total. The molecule has 1 heterocycles. The summed E-state index contributed by atoms with van der Waals surface area (Å²) in [6.07, 6.45) is -1.40. The molecule has 0 aliphatic carbocycles. The number of nitrogens with zero attached hydrogens (tertiary/aromatic N) is 1. The Labute approximate surface area is 62.4 Å². The van der Waals surface area contributed by atoms with Crippen LogP contribution in [-0.2, 0) is 6.54 Å². The Morgan fingerprint density at radius 2 is 2.45 bits per heavy atom. The average Bonchev–Trinajstić information content (AvgIpc) is 2.37. The predicted molar refractivity (Wildman–Crippen MR) is 34.2 cm³/mol. The third-order valence-corrected chi connectivity index (χ3v) is 1.11. The van der Waals surface area contributed by atoms with Crippen molar-refractivity contribution < 1.29 is 13.2 Å². The first-order valence-corrected chi connectivity index (χ1v) is 3.11. The molecule has 62 valence electrons. The van der Waals surface area contributed by atoms with Gasteiger partial charge in [0.25, 0.3) is 5.89 Å². The van der Waals surface area contributed by atoms with Crippen molar-refractivity contribution in [2.24, 2.45) is 0 Å². The van der Waals surface area contributed by atoms with E-state index in [9.17, 15) is 8.78 Å². The Morgan fingerprint density at radius 3 is 2.91 bits per heavy atom. The van der Waals surface area contributed by atoms with Crippen LogP contribution >= 0.6 is 0 Å². The Hall–Kier alpha value is -0.970. The first kappa shape index (κ1) is 8.13. The van der Waals surface area contributed by atoms with Crippen molar-refractivity contribution in [1.29, 1.82) is 0 Å². The minimum atomic E-state index is -2.62. The van der Waals surface area contributed by atoms with Crippen LogP contribution in [0.2, 0.25) is 0 Å². The summed E-state index contributed by atoms with van der Waals surface area (Å²) in [7, 11) is 1.71. The molecular weight excluding hydrogens is 154 g/mol. The van der Waals surface area contributed by atoms with Crippen LogP contribution in [0.5, 0.6) is 0 Å². The van der Waals surface area contributed by atoms with Crippen molar-refractivity contribution in [3.63, 3.8) is 0 Å². The van der Waals surface area contributed by atoms with E-state index < -0.39 is 12.3 Å². The molecule has 11 heavy (non-hydrogen) atoms. The fraction of sp³-hybridized carbons (Fsp3) is 0.500. The molecule has 0 fully saturated rings. The lowest BCUT2D eigenvalue weighted by atomic mass is 10.5. The van der Waals surface area contributed by atoms with E-state index in [0.717, 1.165) is 0 Å². The third-order valence-electron chi connectivity index (χ3n) is 1.11. The molecule has 0 radical (unpaired) electrons. The second-order valence-corrected chi connectivity index (χ2v) is 2.01. The zero-order valence-corrected chi connectivity index (χ0v) is 5.97. The first-order chi connectivity index (χ1) is 5.24. The maximum Gasteiger partial charge on any atom is 0.313 e. The van der Waals surface area contributed by atoms with Gasteiger partial charge >= 0.3 is 6.43 Å². The van der Waals surface area contributed by atoms with Gasteiger partial charge in [-0.25, -0.2) is 4.98 Å². The van der Waals surface area contributed by atoms with Gasteiger partial charge in [-0.3, -0.25) is 0 Å². The van der Waals surface area contributed by atoms with E-state index in [2.05, 4.69) is 14.7 Å². The van der Waals surface area contributed by atoms with E-state index >= 15 is 0 Å². The summed E-state index contributed by atoms with van der Waals surface area (Å²) in [5.74, 6) is -0.518. The maximum atomic E-state index is 11.8. The summed E-state index contributed by atoms with van der Waals surface area (Å²) in [5.41, 5.74) is 0.489. The van der Waals surface area contributed by atoms with Crippen LogP contribution < -0.4 is 5.32 Å². The summed E-state index contributed by atoms with van der Waals surface area (Å²) in [5, 5.41) is 2.77. The smallest absolute Gasteiger partial charge is 0.313 e. The molecule has 0 saturated carbocycles. The molecule has 0 bridgehead atoms. The summed E-state index contributed by atoms with van der Waals surface area (Å²) >= 11 is 0. The zero-order chi connectivity index (χ0) is 8.27. The van der Waals surface area contributed by atoms with Gasteiger partial charge in [-0.15, -0.1) is 0 Å². The molecule has 0 aromatic carbocycles. The minimum Gasteiger partial charge on any atom is -0.444 e. The van der Waals surface area contributed by atoms with Crippen molar-refractivity contribution in [3.8, 4) is 0 Å². The van der Waals surface area contributed by atoms with Crippen LogP contribution in [0.25, 0.3) is 0 Å². The molecule has 0 aliphatic heterocycles. The van der Waals surface area contributed by atoms with Crippen LogP contribution in [0.15, 0.2) is 10.7 Å². The summed E-state index contributed by atoms with van der Waals surface area (Å²) in [6, 6.07) is 0. The summed E-state index contributed by atoms with van der Waals surface area (Å²) in [6.45, 7) is 0.441. The molecule has 0 aliphatic rings. The standard InChI is InChI=1S/C6H8F2N2O/c1-9-2-4-3-11-6(10-4)5(7)8/h3,5,9H,2H2,1H3. The summed E-state index contributed by atoms with van der Waals surface area (Å²) < 4.78 is 28.2. The Bertz CT molecular complexity index is 224. The molecule has 5 heteroatoms. The Balaban J connectivity index is 2.66. The van der Waals surface area contributed by atoms with Gasteiger partial charge in [-0.1, -0.05) is 0 Å². The predicted octanol–water partition coefficient (Wildman–Crippen LogP) is 1.33. The number of hydrogen-bond donors (Lipinski definition) is 1. The van der Waals surface area contributed by atoms with E-state index in [0.29, 0.717) is 12.2 Å². The lowest BCUT2D eigenvalue weighted by molar-refractivity contribution is 0.115. The second kappa shape index (κ2) is 3.43. The number of halogens is 2. The highest BCUT2D eigenvalue weighted by Gasteiger charge is 2.13. The molecule has 1 rings (SSSR count). The van der Waals surface area contributed by atoms with E-state index in [1.165, 1.54) is 6.26 Å². The van der Waals surface area contributed by atoms with Gasteiger partial charge in [-0.05, 0) is 7.05 Å². The Morgan fingerprint density at radius 1 is 1.73 bits per heavy atom. The molecule has 1 aromatic rings. The maximum absolute atomic E-state index is 11.8. The summed E-state index contributed by atoms with van der Waals surface area (Å²) in [4.78, 5) is 3.52. The second-order valence-electron chi connectivity index (χ2n) is 2.01. The van der Waals surface area contributed by atoms with Crippen LogP contribution in [0, 0.1) is 0 Å². The van der Waals surface area contributed by atoms with E-state index in [1.54, 1.807) is 7.05 Å². The van der Waals surface area contributed by atoms with Crippen molar-refractivity contribution in [2.45, 2.75) is 13.0 Å². The van der Waals surface area contributed by atoms with Crippen molar-refractivity contribution >= 4 is 0 Å². The van der Waals surface area contributed by atoms with Crippen LogP contribution in [0.1, 0.15) is 18.0 Å². The molecule has 0 atom stereocenters. The molecular formula is C6H8F2N2O. The fourth-order valence-corrected chi connectivity index (χ4v) is 0.685. The molecule has 3 nitrogen and oxygen atoms in total. The van der Waals surface area contributed by atoms with E-state index in [4.69, 9.17) is 0 Å². The number of rotatable bonds is 3. The highest BCUT2D eigenvalue weighted by molar-refractivity contribution is 4.96. The number of oxazole rings is 1. The molecule has 0 amide bonds. The van der Waals surface area contributed by atoms with Crippen molar-refractivity contribution in [1.82, 2.24) is 10.3 Å². The van der Waals surface area contributed by atoms with Gasteiger partial charge in [-0.2, -0.15) is 8.78 Å². The van der Waals surface area contributed by atoms with Crippen molar-refractivity contribution in [2.75, 3.05) is 7.05 Å². The monoisotopic (exact) mass is 162 g/mol. The molecule has 0 unspecified atom stereocenters. The van der Waals surface area contributed by atoms with Crippen LogP contribution in [0.4, 0.5) is 8.78 Å². The van der Waals surface area contributed by atoms with E-state index in [-0.39, 0.29) is 0 Å². The Kier molecular flexibility index (Phi) is 2.53. The number of hydrogen-bond acceptors (Lipinski definition) is 3. The van der Waals surface area contributed by atoms with Crippen LogP contribution in [0.3, 0.4) is 0 Å². The third kappa shape index (κ3) is 1.98. The van der Waals surface area contributed by atoms with Crippen LogP contribution in [-0.4, -0.2) is 12.0 Å². The normalized spacial score (nSPS) is 10.9. The number of aromatic nitrogens is 1. The first-order valence-electron chi connectivity index (χ1n) is 3.11. The highest BCUT2D eigenvalue weighted by atomic mass is 19.3. The number of nitrogens with one attached hydrogen (secondary N) is 1. The minimum absolute atomic E-state index is 0.441. The largest absolute Gasteiger partial charge is 0.444 e. The highest BCUT2D eigenvalue weighted by Crippen LogP contribution is 2.16. The van der Waals surface area contributed by atoms with Gasteiger partial charge in [0.15, 0.2) is 0 Å². The lowest BCUT2D eigenvalue weighted by Crippen LogP contribution is -2.05. The SMILES string of the molecule is CNCc1coc(C(F)F)n1. The number of alkyl halides is 2.